The van der Waals surface area contributed by atoms with Gasteiger partial charge in [-0.25, -0.2) is 4.39 Å². The van der Waals surface area contributed by atoms with Crippen molar-refractivity contribution in [1.29, 1.82) is 0 Å². The van der Waals surface area contributed by atoms with E-state index in [1.54, 1.807) is 18.2 Å². The zero-order chi connectivity index (χ0) is 10.7. The lowest BCUT2D eigenvalue weighted by Crippen LogP contribution is -2.01. The molecule has 0 fully saturated rings. The average molecular weight is 280 g/mol. The van der Waals surface area contributed by atoms with Gasteiger partial charge in [0.15, 0.2) is 0 Å². The Morgan fingerprint density at radius 2 is 2.21 bits per heavy atom. The molecule has 76 valence electrons. The average Bonchev–Trinajstić information content (AvgIpc) is 2.15. The van der Waals surface area contributed by atoms with E-state index in [4.69, 9.17) is 11.6 Å². The Bertz CT molecular complexity index is 354. The van der Waals surface area contributed by atoms with Gasteiger partial charge < -0.3 is 0 Å². The summed E-state index contributed by atoms with van der Waals surface area (Å²) < 4.78 is 12.4. The van der Waals surface area contributed by atoms with Crippen molar-refractivity contribution in [3.05, 3.63) is 34.3 Å². The molecule has 0 spiro atoms. The van der Waals surface area contributed by atoms with Gasteiger partial charge in [0, 0.05) is 5.02 Å². The second kappa shape index (κ2) is 4.89. The van der Waals surface area contributed by atoms with Gasteiger partial charge in [0.1, 0.15) is 12.5 Å². The molecule has 1 nitrogen and oxygen atoms in total. The summed E-state index contributed by atoms with van der Waals surface area (Å²) in [5, 5.41) is 0.445. The standard InChI is InChI=1S/C10H9BrClFO/c1-6(14)10(11)8-2-7(5-13)3-9(12)4-8/h2-4,10H,5H2,1H3. The number of hydrogen-bond acceptors (Lipinski definition) is 1. The van der Waals surface area contributed by atoms with Crippen molar-refractivity contribution >= 4 is 33.3 Å². The van der Waals surface area contributed by atoms with Crippen LogP contribution in [0.2, 0.25) is 5.02 Å². The van der Waals surface area contributed by atoms with Crippen LogP contribution < -0.4 is 0 Å². The number of carbonyl (C=O) groups is 1. The lowest BCUT2D eigenvalue weighted by atomic mass is 10.1. The van der Waals surface area contributed by atoms with E-state index in [2.05, 4.69) is 15.9 Å². The summed E-state index contributed by atoms with van der Waals surface area (Å²) in [4.78, 5) is 10.7. The van der Waals surface area contributed by atoms with Gasteiger partial charge in [-0.2, -0.15) is 0 Å². The minimum atomic E-state index is -0.578. The molecule has 0 aliphatic carbocycles. The van der Waals surface area contributed by atoms with Crippen LogP contribution in [0.3, 0.4) is 0 Å². The van der Waals surface area contributed by atoms with Crippen LogP contribution >= 0.6 is 27.5 Å². The summed E-state index contributed by atoms with van der Waals surface area (Å²) in [6.45, 7) is 0.890. The first-order chi connectivity index (χ1) is 6.54. The summed E-state index contributed by atoms with van der Waals surface area (Å²) in [6, 6.07) is 4.83. The minimum Gasteiger partial charge on any atom is -0.298 e. The molecule has 0 N–H and O–H groups in total. The van der Waals surface area contributed by atoms with Crippen molar-refractivity contribution in [2.24, 2.45) is 0 Å². The van der Waals surface area contributed by atoms with E-state index in [0.29, 0.717) is 16.1 Å². The normalized spacial score (nSPS) is 12.6. The third kappa shape index (κ3) is 2.79. The molecule has 1 aromatic rings. The molecular formula is C10H9BrClFO. The van der Waals surface area contributed by atoms with Crippen LogP contribution in [0.4, 0.5) is 4.39 Å². The third-order valence-corrected chi connectivity index (χ3v) is 3.18. The number of hydrogen-bond donors (Lipinski definition) is 0. The molecule has 0 saturated carbocycles. The largest absolute Gasteiger partial charge is 0.298 e. The summed E-state index contributed by atoms with van der Waals surface area (Å²) in [6.07, 6.45) is 0. The summed E-state index contributed by atoms with van der Waals surface area (Å²) in [5.74, 6) is -0.0305. The van der Waals surface area contributed by atoms with Crippen molar-refractivity contribution < 1.29 is 9.18 Å². The molecule has 0 aromatic heterocycles. The fourth-order valence-electron chi connectivity index (χ4n) is 1.13. The molecule has 0 heterocycles. The van der Waals surface area contributed by atoms with Crippen molar-refractivity contribution in [1.82, 2.24) is 0 Å². The van der Waals surface area contributed by atoms with Gasteiger partial charge in [0.25, 0.3) is 0 Å². The lowest BCUT2D eigenvalue weighted by Gasteiger charge is -2.08. The van der Waals surface area contributed by atoms with E-state index in [1.165, 1.54) is 6.92 Å². The molecule has 0 saturated heterocycles. The van der Waals surface area contributed by atoms with Gasteiger partial charge in [-0.05, 0) is 30.2 Å². The highest BCUT2D eigenvalue weighted by molar-refractivity contribution is 9.09. The molecule has 1 rings (SSSR count). The van der Waals surface area contributed by atoms with Gasteiger partial charge in [0.05, 0.1) is 4.83 Å². The molecule has 0 bridgehead atoms. The lowest BCUT2D eigenvalue weighted by molar-refractivity contribution is -0.116. The monoisotopic (exact) mass is 278 g/mol. The van der Waals surface area contributed by atoms with Crippen LogP contribution in [0, 0.1) is 0 Å². The van der Waals surface area contributed by atoms with Crippen LogP contribution in [0.15, 0.2) is 18.2 Å². The van der Waals surface area contributed by atoms with Gasteiger partial charge >= 0.3 is 0 Å². The fourth-order valence-corrected chi connectivity index (χ4v) is 1.66. The number of alkyl halides is 2. The van der Waals surface area contributed by atoms with Crippen LogP contribution in [0.5, 0.6) is 0 Å². The van der Waals surface area contributed by atoms with E-state index in [9.17, 15) is 9.18 Å². The summed E-state index contributed by atoms with van der Waals surface area (Å²) in [7, 11) is 0. The molecule has 0 aliphatic heterocycles. The highest BCUT2D eigenvalue weighted by Crippen LogP contribution is 2.27. The van der Waals surface area contributed by atoms with Crippen molar-refractivity contribution in [3.8, 4) is 0 Å². The maximum atomic E-state index is 12.4. The molecule has 14 heavy (non-hydrogen) atoms. The molecule has 1 unspecified atom stereocenters. The Morgan fingerprint density at radius 1 is 1.57 bits per heavy atom. The summed E-state index contributed by atoms with van der Waals surface area (Å²) in [5.41, 5.74) is 1.18. The Balaban J connectivity index is 3.08. The zero-order valence-electron chi connectivity index (χ0n) is 7.56. The first-order valence-electron chi connectivity index (χ1n) is 4.04. The third-order valence-electron chi connectivity index (χ3n) is 1.78. The first-order valence-corrected chi connectivity index (χ1v) is 5.34. The van der Waals surface area contributed by atoms with Gasteiger partial charge in [-0.15, -0.1) is 0 Å². The highest BCUT2D eigenvalue weighted by atomic mass is 79.9. The van der Waals surface area contributed by atoms with Crippen LogP contribution in [-0.2, 0) is 11.5 Å². The fraction of sp³-hybridized carbons (Fsp3) is 0.300. The SMILES string of the molecule is CC(=O)C(Br)c1cc(Cl)cc(CF)c1. The number of benzene rings is 1. The second-order valence-electron chi connectivity index (χ2n) is 3.00. The van der Waals surface area contributed by atoms with Gasteiger partial charge in [-0.1, -0.05) is 33.6 Å². The number of rotatable bonds is 3. The smallest absolute Gasteiger partial charge is 0.147 e. The van der Waals surface area contributed by atoms with E-state index in [0.717, 1.165) is 0 Å². The number of ketones is 1. The van der Waals surface area contributed by atoms with Crippen LogP contribution in [0.25, 0.3) is 0 Å². The predicted octanol–water partition coefficient (Wildman–Crippen LogP) is 3.83. The van der Waals surface area contributed by atoms with E-state index in [-0.39, 0.29) is 5.78 Å². The molecule has 1 atom stereocenters. The van der Waals surface area contributed by atoms with Crippen LogP contribution in [-0.4, -0.2) is 5.78 Å². The van der Waals surface area contributed by atoms with Crippen molar-refractivity contribution in [3.63, 3.8) is 0 Å². The molecule has 0 amide bonds. The Kier molecular flexibility index (Phi) is 4.08. The predicted molar refractivity (Wildman–Crippen MR) is 58.6 cm³/mol. The van der Waals surface area contributed by atoms with E-state index < -0.39 is 11.5 Å². The van der Waals surface area contributed by atoms with Gasteiger partial charge in [0.2, 0.25) is 0 Å². The minimum absolute atomic E-state index is 0.0305. The Morgan fingerprint density at radius 3 is 2.71 bits per heavy atom. The van der Waals surface area contributed by atoms with Crippen LogP contribution in [0.1, 0.15) is 22.9 Å². The maximum absolute atomic E-state index is 12.4. The second-order valence-corrected chi connectivity index (χ2v) is 4.35. The molecule has 0 radical (unpaired) electrons. The molecule has 4 heteroatoms. The van der Waals surface area contributed by atoms with Crippen molar-refractivity contribution in [2.75, 3.05) is 0 Å². The maximum Gasteiger partial charge on any atom is 0.147 e. The first kappa shape index (κ1) is 11.7. The van der Waals surface area contributed by atoms with E-state index >= 15 is 0 Å². The number of halogens is 3. The Labute approximate surface area is 95.4 Å². The number of carbonyl (C=O) groups excluding carboxylic acids is 1. The summed E-state index contributed by atoms with van der Waals surface area (Å²) >= 11 is 9.00. The quantitative estimate of drug-likeness (QED) is 0.769. The topological polar surface area (TPSA) is 17.1 Å². The van der Waals surface area contributed by atoms with Gasteiger partial charge in [-0.3, -0.25) is 4.79 Å². The zero-order valence-corrected chi connectivity index (χ0v) is 9.90. The Hall–Kier alpha value is -0.410. The van der Waals surface area contributed by atoms with E-state index in [1.807, 2.05) is 0 Å². The molecular weight excluding hydrogens is 270 g/mol. The highest BCUT2D eigenvalue weighted by Gasteiger charge is 2.13. The molecule has 0 aliphatic rings. The number of Topliss-reactive ketones (excluding diaryl/α,β-unsaturated/α-hetero) is 1. The van der Waals surface area contributed by atoms with Crippen molar-refractivity contribution in [2.45, 2.75) is 18.4 Å². The molecule has 1 aromatic carbocycles.